The molecule has 2 rings (SSSR count). The van der Waals surface area contributed by atoms with Crippen LogP contribution in [0.3, 0.4) is 0 Å². The minimum Gasteiger partial charge on any atom is -0.317 e. The molecule has 2 N–H and O–H groups in total. The molecule has 8 heteroatoms. The first kappa shape index (κ1) is 14.7. The smallest absolute Gasteiger partial charge is 0.271 e. The van der Waals surface area contributed by atoms with Crippen molar-refractivity contribution in [3.05, 3.63) is 34.4 Å². The fourth-order valence-electron chi connectivity index (χ4n) is 2.26. The molecule has 1 saturated heterocycles. The zero-order valence-electron chi connectivity index (χ0n) is 10.9. The van der Waals surface area contributed by atoms with E-state index in [0.717, 1.165) is 25.9 Å². The van der Waals surface area contributed by atoms with Gasteiger partial charge in [-0.05, 0) is 37.9 Å². The highest BCUT2D eigenvalue weighted by molar-refractivity contribution is 7.92. The largest absolute Gasteiger partial charge is 0.317 e. The van der Waals surface area contributed by atoms with E-state index in [9.17, 15) is 18.5 Å². The number of hydrogen-bond donors (Lipinski definition) is 2. The Balaban J connectivity index is 2.03. The van der Waals surface area contributed by atoms with Gasteiger partial charge in [0, 0.05) is 12.1 Å². The van der Waals surface area contributed by atoms with Gasteiger partial charge in [-0.3, -0.25) is 14.8 Å². The molecular formula is C12H17N3O4S. The summed E-state index contributed by atoms with van der Waals surface area (Å²) in [7, 11) is -3.48. The van der Waals surface area contributed by atoms with Crippen molar-refractivity contribution >= 4 is 21.4 Å². The number of hydrogen-bond acceptors (Lipinski definition) is 5. The molecule has 110 valence electrons. The predicted molar refractivity (Wildman–Crippen MR) is 76.1 cm³/mol. The molecule has 0 aromatic heterocycles. The fraction of sp³-hybridized carbons (Fsp3) is 0.500. The molecule has 0 atom stereocenters. The first-order valence-corrected chi connectivity index (χ1v) is 8.07. The maximum atomic E-state index is 12.0. The third-order valence-corrected chi connectivity index (χ3v) is 4.70. The molecule has 7 nitrogen and oxygen atoms in total. The molecule has 1 heterocycles. The van der Waals surface area contributed by atoms with Crippen LogP contribution in [-0.4, -0.2) is 32.2 Å². The van der Waals surface area contributed by atoms with E-state index < -0.39 is 14.9 Å². The number of benzene rings is 1. The Bertz CT molecular complexity index is 582. The molecule has 1 aliphatic rings. The Labute approximate surface area is 117 Å². The van der Waals surface area contributed by atoms with Crippen LogP contribution in [0.1, 0.15) is 12.8 Å². The number of piperidine rings is 1. The minimum atomic E-state index is -3.48. The molecule has 0 unspecified atom stereocenters. The first-order chi connectivity index (χ1) is 9.46. The van der Waals surface area contributed by atoms with Crippen LogP contribution >= 0.6 is 0 Å². The van der Waals surface area contributed by atoms with Crippen LogP contribution < -0.4 is 10.0 Å². The van der Waals surface area contributed by atoms with E-state index in [-0.39, 0.29) is 23.0 Å². The summed E-state index contributed by atoms with van der Waals surface area (Å²) >= 11 is 0. The maximum absolute atomic E-state index is 12.0. The van der Waals surface area contributed by atoms with Gasteiger partial charge >= 0.3 is 0 Å². The van der Waals surface area contributed by atoms with Crippen LogP contribution in [-0.2, 0) is 10.0 Å². The van der Waals surface area contributed by atoms with Crippen LogP contribution in [0, 0.1) is 16.0 Å². The average molecular weight is 299 g/mol. The molecule has 0 spiro atoms. The minimum absolute atomic E-state index is 0.0529. The monoisotopic (exact) mass is 299 g/mol. The molecule has 1 aromatic carbocycles. The third-order valence-electron chi connectivity index (χ3n) is 3.24. The second-order valence-corrected chi connectivity index (χ2v) is 6.65. The van der Waals surface area contributed by atoms with Gasteiger partial charge in [-0.25, -0.2) is 8.42 Å². The summed E-state index contributed by atoms with van der Waals surface area (Å²) in [5.74, 6) is 0.185. The first-order valence-electron chi connectivity index (χ1n) is 6.42. The Morgan fingerprint density at radius 1 is 1.35 bits per heavy atom. The number of non-ortho nitro benzene ring substituents is 1. The molecule has 20 heavy (non-hydrogen) atoms. The van der Waals surface area contributed by atoms with Crippen molar-refractivity contribution in [2.75, 3.05) is 23.6 Å². The van der Waals surface area contributed by atoms with Gasteiger partial charge in [0.15, 0.2) is 0 Å². The van der Waals surface area contributed by atoms with Gasteiger partial charge in [0.25, 0.3) is 5.69 Å². The molecule has 1 fully saturated rings. The topological polar surface area (TPSA) is 101 Å². The summed E-state index contributed by atoms with van der Waals surface area (Å²) in [6.45, 7) is 1.66. The van der Waals surface area contributed by atoms with Crippen LogP contribution in [0.5, 0.6) is 0 Å². The quantitative estimate of drug-likeness (QED) is 0.631. The molecule has 0 aliphatic carbocycles. The molecule has 0 saturated carbocycles. The van der Waals surface area contributed by atoms with E-state index in [1.54, 1.807) is 0 Å². The van der Waals surface area contributed by atoms with Gasteiger partial charge in [-0.1, -0.05) is 6.07 Å². The number of sulfonamides is 1. The van der Waals surface area contributed by atoms with Gasteiger partial charge < -0.3 is 5.32 Å². The van der Waals surface area contributed by atoms with Crippen molar-refractivity contribution in [3.63, 3.8) is 0 Å². The molecular weight excluding hydrogens is 282 g/mol. The van der Waals surface area contributed by atoms with Crippen LogP contribution in [0.4, 0.5) is 11.4 Å². The lowest BCUT2D eigenvalue weighted by atomic mass is 10.0. The van der Waals surface area contributed by atoms with E-state index in [2.05, 4.69) is 10.0 Å². The Morgan fingerprint density at radius 3 is 2.70 bits per heavy atom. The van der Waals surface area contributed by atoms with Crippen molar-refractivity contribution in [1.82, 2.24) is 5.32 Å². The molecule has 0 amide bonds. The van der Waals surface area contributed by atoms with E-state index in [1.807, 2.05) is 0 Å². The maximum Gasteiger partial charge on any atom is 0.271 e. The highest BCUT2D eigenvalue weighted by Crippen LogP contribution is 2.20. The van der Waals surface area contributed by atoms with Crippen molar-refractivity contribution in [2.24, 2.45) is 5.92 Å². The molecule has 0 radical (unpaired) electrons. The van der Waals surface area contributed by atoms with E-state index in [4.69, 9.17) is 0 Å². The normalized spacial score (nSPS) is 16.8. The summed E-state index contributed by atoms with van der Waals surface area (Å²) < 4.78 is 26.5. The van der Waals surface area contributed by atoms with Gasteiger partial charge in [0.05, 0.1) is 16.4 Å². The number of nitro groups is 1. The fourth-order valence-corrected chi connectivity index (χ4v) is 3.79. The Morgan fingerprint density at radius 2 is 2.05 bits per heavy atom. The zero-order chi connectivity index (χ0) is 14.6. The van der Waals surface area contributed by atoms with Crippen molar-refractivity contribution in [1.29, 1.82) is 0 Å². The number of nitrogens with zero attached hydrogens (tertiary/aromatic N) is 1. The van der Waals surface area contributed by atoms with Crippen molar-refractivity contribution in [3.8, 4) is 0 Å². The summed E-state index contributed by atoms with van der Waals surface area (Å²) in [5.41, 5.74) is 0.0974. The SMILES string of the molecule is O=[N+]([O-])c1cccc(NS(=O)(=O)CC2CCNCC2)c1. The highest BCUT2D eigenvalue weighted by Gasteiger charge is 2.21. The van der Waals surface area contributed by atoms with Gasteiger partial charge in [-0.15, -0.1) is 0 Å². The number of anilines is 1. The van der Waals surface area contributed by atoms with Crippen LogP contribution in [0.2, 0.25) is 0 Å². The van der Waals surface area contributed by atoms with Gasteiger partial charge in [0.1, 0.15) is 0 Å². The summed E-state index contributed by atoms with van der Waals surface area (Å²) in [4.78, 5) is 10.1. The van der Waals surface area contributed by atoms with Crippen LogP contribution in [0.15, 0.2) is 24.3 Å². The average Bonchev–Trinajstić information content (AvgIpc) is 2.39. The van der Waals surface area contributed by atoms with Crippen molar-refractivity contribution in [2.45, 2.75) is 12.8 Å². The second kappa shape index (κ2) is 6.19. The Hall–Kier alpha value is -1.67. The number of nitro benzene ring substituents is 1. The predicted octanol–water partition coefficient (Wildman–Crippen LogP) is 1.34. The van der Waals surface area contributed by atoms with Crippen molar-refractivity contribution < 1.29 is 13.3 Å². The van der Waals surface area contributed by atoms with E-state index >= 15 is 0 Å². The van der Waals surface area contributed by atoms with Gasteiger partial charge in [-0.2, -0.15) is 0 Å². The van der Waals surface area contributed by atoms with Gasteiger partial charge in [0.2, 0.25) is 10.0 Å². The van der Waals surface area contributed by atoms with E-state index in [0.29, 0.717) is 0 Å². The number of nitrogens with one attached hydrogen (secondary N) is 2. The summed E-state index contributed by atoms with van der Waals surface area (Å²) in [5, 5.41) is 13.8. The lowest BCUT2D eigenvalue weighted by Gasteiger charge is -2.22. The standard InChI is InChI=1S/C12H17N3O4S/c16-15(17)12-3-1-2-11(8-12)14-20(18,19)9-10-4-6-13-7-5-10/h1-3,8,10,13-14H,4-7,9H2. The summed E-state index contributed by atoms with van der Waals surface area (Å²) in [6, 6.07) is 5.51. The zero-order valence-corrected chi connectivity index (χ0v) is 11.7. The van der Waals surface area contributed by atoms with Crippen LogP contribution in [0.25, 0.3) is 0 Å². The Kier molecular flexibility index (Phi) is 4.56. The molecule has 0 bridgehead atoms. The number of rotatable bonds is 5. The highest BCUT2D eigenvalue weighted by atomic mass is 32.2. The van der Waals surface area contributed by atoms with E-state index in [1.165, 1.54) is 24.3 Å². The second-order valence-electron chi connectivity index (χ2n) is 4.88. The lowest BCUT2D eigenvalue weighted by Crippen LogP contribution is -2.33. The third kappa shape index (κ3) is 4.17. The summed E-state index contributed by atoms with van der Waals surface area (Å²) in [6.07, 6.45) is 1.66. The molecule has 1 aliphatic heterocycles. The molecule has 1 aromatic rings. The lowest BCUT2D eigenvalue weighted by molar-refractivity contribution is -0.384.